The molecule has 1 aliphatic rings. The average molecular weight is 223 g/mol. The molecule has 0 fully saturated rings. The molecule has 0 saturated carbocycles. The Labute approximate surface area is 95.3 Å². The summed E-state index contributed by atoms with van der Waals surface area (Å²) < 4.78 is 5.33. The van der Waals surface area contributed by atoms with E-state index in [4.69, 9.17) is 9.88 Å². The number of hydrogen-bond donors (Lipinski definition) is 1. The minimum Gasteiger partial charge on any atom is -0.496 e. The molecule has 0 spiro atoms. The standard InChI is InChI=1S/C12H17NOS/c1-12(2)6-8-4-5-10(14-3)11(15-13)9(8)7-12/h4-5H,6-7,13H2,1-3H3. The number of rotatable bonds is 2. The zero-order valence-corrected chi connectivity index (χ0v) is 10.3. The molecule has 1 aliphatic carbocycles. The first-order chi connectivity index (χ1) is 7.07. The number of ether oxygens (including phenoxy) is 1. The van der Waals surface area contributed by atoms with E-state index in [0.29, 0.717) is 5.41 Å². The van der Waals surface area contributed by atoms with Gasteiger partial charge in [0.15, 0.2) is 0 Å². The summed E-state index contributed by atoms with van der Waals surface area (Å²) in [5, 5.41) is 5.72. The minimum atomic E-state index is 0.360. The van der Waals surface area contributed by atoms with E-state index in [9.17, 15) is 0 Å². The molecule has 2 nitrogen and oxygen atoms in total. The van der Waals surface area contributed by atoms with E-state index in [1.54, 1.807) is 7.11 Å². The first-order valence-corrected chi connectivity index (χ1v) is 6.01. The van der Waals surface area contributed by atoms with Crippen LogP contribution in [0.15, 0.2) is 17.0 Å². The van der Waals surface area contributed by atoms with Crippen LogP contribution >= 0.6 is 11.9 Å². The summed E-state index contributed by atoms with van der Waals surface area (Å²) in [6.45, 7) is 4.59. The van der Waals surface area contributed by atoms with E-state index < -0.39 is 0 Å². The van der Waals surface area contributed by atoms with Gasteiger partial charge in [0.05, 0.1) is 12.0 Å². The van der Waals surface area contributed by atoms with Crippen molar-refractivity contribution in [1.82, 2.24) is 0 Å². The molecule has 0 saturated heterocycles. The Morgan fingerprint density at radius 1 is 1.33 bits per heavy atom. The first-order valence-electron chi connectivity index (χ1n) is 5.13. The second-order valence-electron chi connectivity index (χ2n) is 4.87. The SMILES string of the molecule is COc1ccc2c(c1SN)CC(C)(C)C2. The highest BCUT2D eigenvalue weighted by atomic mass is 32.2. The molecule has 2 N–H and O–H groups in total. The molecule has 3 heteroatoms. The Morgan fingerprint density at radius 2 is 2.07 bits per heavy atom. The Balaban J connectivity index is 2.50. The lowest BCUT2D eigenvalue weighted by atomic mass is 9.90. The molecule has 0 aromatic heterocycles. The van der Waals surface area contributed by atoms with Gasteiger partial charge in [-0.1, -0.05) is 19.9 Å². The molecule has 0 unspecified atom stereocenters. The van der Waals surface area contributed by atoms with Gasteiger partial charge in [-0.2, -0.15) is 0 Å². The van der Waals surface area contributed by atoms with Gasteiger partial charge in [0, 0.05) is 0 Å². The van der Waals surface area contributed by atoms with Gasteiger partial charge in [-0.05, 0) is 47.4 Å². The molecule has 0 bridgehead atoms. The molecule has 1 aromatic rings. The first kappa shape index (κ1) is 10.8. The van der Waals surface area contributed by atoms with Crippen molar-refractivity contribution in [2.24, 2.45) is 10.6 Å². The number of benzene rings is 1. The van der Waals surface area contributed by atoms with E-state index in [1.165, 1.54) is 23.1 Å². The second-order valence-corrected chi connectivity index (χ2v) is 5.51. The van der Waals surface area contributed by atoms with Crippen LogP contribution in [0.25, 0.3) is 0 Å². The van der Waals surface area contributed by atoms with Crippen LogP contribution in [0.2, 0.25) is 0 Å². The van der Waals surface area contributed by atoms with Crippen LogP contribution in [0.4, 0.5) is 0 Å². The smallest absolute Gasteiger partial charge is 0.134 e. The van der Waals surface area contributed by atoms with Gasteiger partial charge in [-0.15, -0.1) is 0 Å². The molecular weight excluding hydrogens is 206 g/mol. The van der Waals surface area contributed by atoms with Crippen LogP contribution < -0.4 is 9.88 Å². The van der Waals surface area contributed by atoms with Crippen molar-refractivity contribution in [3.63, 3.8) is 0 Å². The minimum absolute atomic E-state index is 0.360. The van der Waals surface area contributed by atoms with Gasteiger partial charge in [-0.3, -0.25) is 5.14 Å². The average Bonchev–Trinajstić information content (AvgIpc) is 2.50. The molecule has 0 amide bonds. The fourth-order valence-corrected chi connectivity index (χ4v) is 2.97. The van der Waals surface area contributed by atoms with Gasteiger partial charge < -0.3 is 4.74 Å². The van der Waals surface area contributed by atoms with Crippen LogP contribution in [-0.2, 0) is 12.8 Å². The lowest BCUT2D eigenvalue weighted by molar-refractivity contribution is 0.388. The van der Waals surface area contributed by atoms with Crippen molar-refractivity contribution >= 4 is 11.9 Å². The maximum atomic E-state index is 5.72. The summed E-state index contributed by atoms with van der Waals surface area (Å²) in [6.07, 6.45) is 2.24. The Hall–Kier alpha value is -0.670. The lowest BCUT2D eigenvalue weighted by Gasteiger charge is -2.15. The van der Waals surface area contributed by atoms with Crippen molar-refractivity contribution in [3.05, 3.63) is 23.3 Å². The van der Waals surface area contributed by atoms with Gasteiger partial charge >= 0.3 is 0 Å². The summed E-state index contributed by atoms with van der Waals surface area (Å²) in [4.78, 5) is 1.11. The van der Waals surface area contributed by atoms with Crippen molar-refractivity contribution in [2.45, 2.75) is 31.6 Å². The molecule has 1 aromatic carbocycles. The number of methoxy groups -OCH3 is 1. The van der Waals surface area contributed by atoms with E-state index in [2.05, 4.69) is 19.9 Å². The van der Waals surface area contributed by atoms with Crippen LogP contribution in [0.5, 0.6) is 5.75 Å². The summed E-state index contributed by atoms with van der Waals surface area (Å²) in [6, 6.07) is 4.19. The van der Waals surface area contributed by atoms with E-state index in [-0.39, 0.29) is 0 Å². The third-order valence-electron chi connectivity index (χ3n) is 2.98. The third-order valence-corrected chi connectivity index (χ3v) is 3.67. The fraction of sp³-hybridized carbons (Fsp3) is 0.500. The molecule has 2 rings (SSSR count). The van der Waals surface area contributed by atoms with Crippen molar-refractivity contribution < 1.29 is 4.74 Å². The summed E-state index contributed by atoms with van der Waals surface area (Å²) >= 11 is 1.30. The van der Waals surface area contributed by atoms with E-state index in [1.807, 2.05) is 6.07 Å². The number of hydrogen-bond acceptors (Lipinski definition) is 3. The highest BCUT2D eigenvalue weighted by Gasteiger charge is 2.31. The van der Waals surface area contributed by atoms with Crippen molar-refractivity contribution in [3.8, 4) is 5.75 Å². The summed E-state index contributed by atoms with van der Waals surface area (Å²) in [5.74, 6) is 0.902. The largest absolute Gasteiger partial charge is 0.496 e. The van der Waals surface area contributed by atoms with Crippen LogP contribution in [0.3, 0.4) is 0 Å². The number of fused-ring (bicyclic) bond motifs is 1. The molecule has 82 valence electrons. The monoisotopic (exact) mass is 223 g/mol. The maximum absolute atomic E-state index is 5.72. The summed E-state index contributed by atoms with van der Waals surface area (Å²) in [7, 11) is 1.70. The highest BCUT2D eigenvalue weighted by molar-refractivity contribution is 7.97. The van der Waals surface area contributed by atoms with Crippen LogP contribution in [0.1, 0.15) is 25.0 Å². The summed E-state index contributed by atoms with van der Waals surface area (Å²) in [5.41, 5.74) is 3.17. The quantitative estimate of drug-likeness (QED) is 0.783. The Morgan fingerprint density at radius 3 is 2.67 bits per heavy atom. The van der Waals surface area contributed by atoms with Crippen LogP contribution in [0, 0.1) is 5.41 Å². The van der Waals surface area contributed by atoms with E-state index in [0.717, 1.165) is 23.5 Å². The molecule has 15 heavy (non-hydrogen) atoms. The van der Waals surface area contributed by atoms with Gasteiger partial charge in [-0.25, -0.2) is 0 Å². The molecule has 0 aliphatic heterocycles. The fourth-order valence-electron chi connectivity index (χ4n) is 2.35. The predicted octanol–water partition coefficient (Wildman–Crippen LogP) is 2.79. The Bertz CT molecular complexity index is 387. The third kappa shape index (κ3) is 1.86. The van der Waals surface area contributed by atoms with Crippen molar-refractivity contribution in [2.75, 3.05) is 7.11 Å². The highest BCUT2D eigenvalue weighted by Crippen LogP contribution is 2.43. The van der Waals surface area contributed by atoms with Crippen molar-refractivity contribution in [1.29, 1.82) is 0 Å². The lowest BCUT2D eigenvalue weighted by Crippen LogP contribution is -2.09. The van der Waals surface area contributed by atoms with Gasteiger partial charge in [0.25, 0.3) is 0 Å². The molecule has 0 heterocycles. The molecule has 0 radical (unpaired) electrons. The normalized spacial score (nSPS) is 17.6. The molecule has 0 atom stereocenters. The Kier molecular flexibility index (Phi) is 2.69. The zero-order chi connectivity index (χ0) is 11.1. The second kappa shape index (κ2) is 3.72. The zero-order valence-electron chi connectivity index (χ0n) is 9.46. The maximum Gasteiger partial charge on any atom is 0.134 e. The van der Waals surface area contributed by atoms with Gasteiger partial charge in [0.1, 0.15) is 5.75 Å². The van der Waals surface area contributed by atoms with Gasteiger partial charge in [0.2, 0.25) is 0 Å². The van der Waals surface area contributed by atoms with E-state index >= 15 is 0 Å². The molecular formula is C12H17NOS. The van der Waals surface area contributed by atoms with Crippen LogP contribution in [-0.4, -0.2) is 7.11 Å². The topological polar surface area (TPSA) is 35.2 Å². The predicted molar refractivity (Wildman–Crippen MR) is 64.2 cm³/mol. The number of nitrogens with two attached hydrogens (primary N) is 1.